The van der Waals surface area contributed by atoms with Crippen LogP contribution in [0.25, 0.3) is 0 Å². The number of nitrogens with one attached hydrogen (secondary N) is 1. The van der Waals surface area contributed by atoms with Crippen molar-refractivity contribution in [3.8, 4) is 0 Å². The largest absolute Gasteiger partial charge is 0.237 e. The molecule has 1 aliphatic rings. The zero-order valence-corrected chi connectivity index (χ0v) is 20.8. The van der Waals surface area contributed by atoms with Crippen molar-refractivity contribution < 1.29 is 4.21 Å². The van der Waals surface area contributed by atoms with E-state index in [1.807, 2.05) is 60.8 Å². The van der Waals surface area contributed by atoms with E-state index < -0.39 is 11.0 Å². The van der Waals surface area contributed by atoms with Gasteiger partial charge in [0.25, 0.3) is 0 Å². The van der Waals surface area contributed by atoms with Gasteiger partial charge in [-0.15, -0.1) is 23.5 Å². The van der Waals surface area contributed by atoms with Gasteiger partial charge in [0, 0.05) is 4.47 Å². The van der Waals surface area contributed by atoms with E-state index in [-0.39, 0.29) is 10.1 Å². The van der Waals surface area contributed by atoms with Crippen molar-refractivity contribution in [1.29, 1.82) is 0 Å². The van der Waals surface area contributed by atoms with Crippen LogP contribution in [0.3, 0.4) is 0 Å². The third-order valence-electron chi connectivity index (χ3n) is 5.12. The second-order valence-electron chi connectivity index (χ2n) is 7.27. The van der Waals surface area contributed by atoms with Gasteiger partial charge < -0.3 is 0 Å². The highest BCUT2D eigenvalue weighted by Crippen LogP contribution is 2.57. The molecule has 1 fully saturated rings. The molecule has 0 saturated carbocycles. The second-order valence-corrected chi connectivity index (χ2v) is 12.4. The maximum Gasteiger partial charge on any atom is 0.125 e. The number of hydrogen-bond acceptors (Lipinski definition) is 3. The van der Waals surface area contributed by atoms with Gasteiger partial charge in [0.1, 0.15) is 15.1 Å². The maximum atomic E-state index is 13.4. The topological polar surface area (TPSA) is 29.1 Å². The summed E-state index contributed by atoms with van der Waals surface area (Å²) < 4.78 is 17.7. The van der Waals surface area contributed by atoms with E-state index in [9.17, 15) is 4.21 Å². The fourth-order valence-electron chi connectivity index (χ4n) is 3.61. The summed E-state index contributed by atoms with van der Waals surface area (Å²) in [4.78, 5) is 0.801. The van der Waals surface area contributed by atoms with Crippen LogP contribution in [0, 0.1) is 6.92 Å². The number of halogens is 1. The van der Waals surface area contributed by atoms with Crippen LogP contribution in [0.1, 0.15) is 29.2 Å². The van der Waals surface area contributed by atoms with Crippen LogP contribution in [0.4, 0.5) is 0 Å². The average molecular weight is 519 g/mol. The predicted molar refractivity (Wildman–Crippen MR) is 135 cm³/mol. The van der Waals surface area contributed by atoms with Gasteiger partial charge in [0.15, 0.2) is 0 Å². The highest BCUT2D eigenvalue weighted by atomic mass is 79.9. The lowest BCUT2D eigenvalue weighted by atomic mass is 9.98. The van der Waals surface area contributed by atoms with Crippen molar-refractivity contribution in [3.05, 3.63) is 100 Å². The first-order valence-corrected chi connectivity index (χ1v) is 13.8. The molecule has 6 heteroatoms. The molecule has 30 heavy (non-hydrogen) atoms. The van der Waals surface area contributed by atoms with E-state index in [2.05, 4.69) is 69.2 Å². The highest BCUT2D eigenvalue weighted by Gasteiger charge is 2.45. The predicted octanol–water partition coefficient (Wildman–Crippen LogP) is 6.83. The van der Waals surface area contributed by atoms with E-state index in [1.165, 1.54) is 17.5 Å². The van der Waals surface area contributed by atoms with Gasteiger partial charge in [-0.25, -0.2) is 8.93 Å². The molecular formula is C24H24BrNOS3. The summed E-state index contributed by atoms with van der Waals surface area (Å²) in [5.41, 5.74) is 3.56. The molecule has 3 aromatic rings. The zero-order valence-electron chi connectivity index (χ0n) is 16.7. The van der Waals surface area contributed by atoms with Crippen LogP contribution in [0.5, 0.6) is 0 Å². The van der Waals surface area contributed by atoms with Crippen molar-refractivity contribution in [3.63, 3.8) is 0 Å². The fraction of sp³-hybridized carbons (Fsp3) is 0.250. The Bertz CT molecular complexity index is 1000. The van der Waals surface area contributed by atoms with Gasteiger partial charge in [-0.05, 0) is 60.2 Å². The molecule has 2 atom stereocenters. The molecule has 0 amide bonds. The van der Waals surface area contributed by atoms with Crippen molar-refractivity contribution in [1.82, 2.24) is 4.72 Å². The lowest BCUT2D eigenvalue weighted by molar-refractivity contribution is 0.588. The lowest BCUT2D eigenvalue weighted by Gasteiger charge is -2.43. The summed E-state index contributed by atoms with van der Waals surface area (Å²) in [6, 6.07) is 26.8. The minimum atomic E-state index is -1.32. The minimum Gasteiger partial charge on any atom is -0.237 e. The standard InChI is InChI=1S/C24H24BrNOS3/c1-18-11-13-22(14-12-18)30(27)26-23(19-7-5-10-21(25)17-19)24(28-15-6-16-29-24)20-8-3-2-4-9-20/h2-5,7-14,17,23,26H,6,15-16H2,1H3/t23-,30-/m0/s1. The third kappa shape index (κ3) is 4.89. The normalized spacial score (nSPS) is 17.9. The van der Waals surface area contributed by atoms with Crippen molar-refractivity contribution in [2.45, 2.75) is 28.4 Å². The number of benzene rings is 3. The molecule has 0 spiro atoms. The van der Waals surface area contributed by atoms with E-state index in [0.29, 0.717) is 0 Å². The molecule has 1 heterocycles. The smallest absolute Gasteiger partial charge is 0.125 e. The first-order valence-electron chi connectivity index (χ1n) is 9.92. The molecular weight excluding hydrogens is 494 g/mol. The monoisotopic (exact) mass is 517 g/mol. The first kappa shape index (κ1) is 22.2. The van der Waals surface area contributed by atoms with Gasteiger partial charge in [-0.2, -0.15) is 0 Å². The Kier molecular flexibility index (Phi) is 7.42. The number of hydrogen-bond donors (Lipinski definition) is 1. The van der Waals surface area contributed by atoms with Crippen molar-refractivity contribution >= 4 is 50.4 Å². The van der Waals surface area contributed by atoms with E-state index in [1.54, 1.807) is 0 Å². The Morgan fingerprint density at radius 3 is 2.33 bits per heavy atom. The molecule has 2 nitrogen and oxygen atoms in total. The van der Waals surface area contributed by atoms with E-state index in [4.69, 9.17) is 0 Å². The van der Waals surface area contributed by atoms with Gasteiger partial charge in [-0.3, -0.25) is 0 Å². The Labute approximate surface area is 198 Å². The second kappa shape index (κ2) is 10.0. The third-order valence-corrected chi connectivity index (χ3v) is 10.3. The van der Waals surface area contributed by atoms with Crippen LogP contribution in [0.2, 0.25) is 0 Å². The molecule has 1 N–H and O–H groups in total. The zero-order chi connectivity index (χ0) is 21.0. The van der Waals surface area contributed by atoms with Crippen LogP contribution in [-0.2, 0) is 15.1 Å². The van der Waals surface area contributed by atoms with Crippen LogP contribution >= 0.6 is 39.5 Å². The molecule has 0 aromatic heterocycles. The molecule has 1 aliphatic heterocycles. The first-order chi connectivity index (χ1) is 14.6. The Hall–Kier alpha value is -1.05. The Morgan fingerprint density at radius 1 is 0.967 bits per heavy atom. The Balaban J connectivity index is 1.79. The maximum absolute atomic E-state index is 13.4. The van der Waals surface area contributed by atoms with Gasteiger partial charge in [0.2, 0.25) is 0 Å². The molecule has 0 bridgehead atoms. The minimum absolute atomic E-state index is 0.116. The van der Waals surface area contributed by atoms with Gasteiger partial charge in [0.05, 0.1) is 10.9 Å². The number of thioether (sulfide) groups is 2. The van der Waals surface area contributed by atoms with Crippen molar-refractivity contribution in [2.75, 3.05) is 11.5 Å². The van der Waals surface area contributed by atoms with Crippen molar-refractivity contribution in [2.24, 2.45) is 0 Å². The summed E-state index contributed by atoms with van der Waals surface area (Å²) in [5, 5.41) is 0. The summed E-state index contributed by atoms with van der Waals surface area (Å²) in [6.45, 7) is 2.05. The van der Waals surface area contributed by atoms with Crippen LogP contribution < -0.4 is 4.72 Å². The molecule has 0 unspecified atom stereocenters. The van der Waals surface area contributed by atoms with Gasteiger partial charge >= 0.3 is 0 Å². The summed E-state index contributed by atoms with van der Waals surface area (Å²) in [5.74, 6) is 2.18. The van der Waals surface area contributed by atoms with Gasteiger partial charge in [-0.1, -0.05) is 76.1 Å². The summed E-state index contributed by atoms with van der Waals surface area (Å²) in [7, 11) is -1.32. The lowest BCUT2D eigenvalue weighted by Crippen LogP contribution is -2.40. The molecule has 4 rings (SSSR count). The Morgan fingerprint density at radius 2 is 1.67 bits per heavy atom. The van der Waals surface area contributed by atoms with Crippen LogP contribution in [-0.4, -0.2) is 15.7 Å². The number of rotatable bonds is 6. The van der Waals surface area contributed by atoms with E-state index in [0.717, 1.165) is 26.4 Å². The molecule has 0 radical (unpaired) electrons. The molecule has 1 saturated heterocycles. The van der Waals surface area contributed by atoms with E-state index >= 15 is 0 Å². The highest BCUT2D eigenvalue weighted by molar-refractivity contribution is 9.10. The SMILES string of the molecule is Cc1ccc([S@](=O)N[C@@H](c2cccc(Br)c2)C2(c3ccccc3)SCCCS2)cc1. The number of aryl methyl sites for hydroxylation is 1. The molecule has 3 aromatic carbocycles. The summed E-state index contributed by atoms with van der Waals surface area (Å²) in [6.07, 6.45) is 1.19. The molecule has 156 valence electrons. The average Bonchev–Trinajstić information content (AvgIpc) is 2.79. The fourth-order valence-corrected chi connectivity index (χ4v) is 8.75. The molecule has 0 aliphatic carbocycles. The quantitative estimate of drug-likeness (QED) is 0.388. The summed E-state index contributed by atoms with van der Waals surface area (Å²) >= 11 is 7.56. The van der Waals surface area contributed by atoms with Crippen LogP contribution in [0.15, 0.2) is 88.2 Å².